The van der Waals surface area contributed by atoms with Gasteiger partial charge in [-0.3, -0.25) is 10.1 Å². The van der Waals surface area contributed by atoms with Crippen molar-refractivity contribution in [2.45, 2.75) is 18.7 Å². The number of hydrogen-bond acceptors (Lipinski definition) is 3. The minimum atomic E-state index is -5.12. The molecule has 2 aromatic rings. The van der Waals surface area contributed by atoms with E-state index in [2.05, 4.69) is 0 Å². The van der Waals surface area contributed by atoms with Crippen LogP contribution in [0.1, 0.15) is 16.7 Å². The molecule has 0 amide bonds. The molecule has 1 atom stereocenters. The third kappa shape index (κ3) is 2.55. The van der Waals surface area contributed by atoms with Crippen molar-refractivity contribution < 1.29 is 23.2 Å². The van der Waals surface area contributed by atoms with Gasteiger partial charge in [-0.1, -0.05) is 42.0 Å². The zero-order valence-electron chi connectivity index (χ0n) is 11.5. The average Bonchev–Trinajstić information content (AvgIpc) is 2.46. The highest BCUT2D eigenvalue weighted by Crippen LogP contribution is 2.46. The van der Waals surface area contributed by atoms with Gasteiger partial charge in [-0.2, -0.15) is 13.2 Å². The Labute approximate surface area is 124 Å². The van der Waals surface area contributed by atoms with Gasteiger partial charge in [0, 0.05) is 6.07 Å². The molecule has 22 heavy (non-hydrogen) atoms. The molecule has 1 N–H and O–H groups in total. The number of nitrogens with zero attached hydrogens (tertiary/aromatic N) is 1. The van der Waals surface area contributed by atoms with Gasteiger partial charge in [-0.25, -0.2) is 0 Å². The number of rotatable bonds is 3. The minimum Gasteiger partial charge on any atom is -0.372 e. The van der Waals surface area contributed by atoms with Crippen LogP contribution in [0.3, 0.4) is 0 Å². The monoisotopic (exact) mass is 311 g/mol. The number of hydrogen-bond donors (Lipinski definition) is 1. The summed E-state index contributed by atoms with van der Waals surface area (Å²) in [6.07, 6.45) is -5.12. The molecule has 0 aromatic heterocycles. The predicted molar refractivity (Wildman–Crippen MR) is 73.3 cm³/mol. The largest absolute Gasteiger partial charge is 0.426 e. The normalized spacial score (nSPS) is 14.4. The molecule has 116 valence electrons. The quantitative estimate of drug-likeness (QED) is 0.694. The second-order valence-corrected chi connectivity index (χ2v) is 4.85. The molecular weight excluding hydrogens is 299 g/mol. The summed E-state index contributed by atoms with van der Waals surface area (Å²) in [5.74, 6) is 0. The van der Waals surface area contributed by atoms with Gasteiger partial charge in [0.25, 0.3) is 5.69 Å². The second-order valence-electron chi connectivity index (χ2n) is 4.85. The third-order valence-corrected chi connectivity index (χ3v) is 3.37. The van der Waals surface area contributed by atoms with Crippen LogP contribution in [-0.2, 0) is 5.60 Å². The maximum atomic E-state index is 13.5. The van der Waals surface area contributed by atoms with E-state index in [0.717, 1.165) is 24.3 Å². The number of aryl methyl sites for hydroxylation is 1. The Morgan fingerprint density at radius 1 is 1.05 bits per heavy atom. The Morgan fingerprint density at radius 2 is 1.59 bits per heavy atom. The lowest BCUT2D eigenvalue weighted by molar-refractivity contribution is -0.388. The van der Waals surface area contributed by atoms with Crippen LogP contribution in [0.15, 0.2) is 48.5 Å². The van der Waals surface area contributed by atoms with E-state index in [1.54, 1.807) is 6.92 Å². The SMILES string of the molecule is Cc1ccc(C(O)(c2ccccc2[N+](=O)[O-])C(F)(F)F)cc1. The first-order valence-corrected chi connectivity index (χ1v) is 6.28. The van der Waals surface area contributed by atoms with E-state index in [1.807, 2.05) is 0 Å². The van der Waals surface area contributed by atoms with E-state index < -0.39 is 33.5 Å². The molecule has 0 spiro atoms. The maximum absolute atomic E-state index is 13.5. The average molecular weight is 311 g/mol. The van der Waals surface area contributed by atoms with Crippen LogP contribution < -0.4 is 0 Å². The van der Waals surface area contributed by atoms with Gasteiger partial charge >= 0.3 is 6.18 Å². The van der Waals surface area contributed by atoms with Crippen molar-refractivity contribution in [1.82, 2.24) is 0 Å². The molecule has 1 unspecified atom stereocenters. The number of para-hydroxylation sites is 1. The van der Waals surface area contributed by atoms with Crippen LogP contribution in [-0.4, -0.2) is 16.2 Å². The summed E-state index contributed by atoms with van der Waals surface area (Å²) in [4.78, 5) is 10.1. The van der Waals surface area contributed by atoms with Crippen LogP contribution in [0.4, 0.5) is 18.9 Å². The third-order valence-electron chi connectivity index (χ3n) is 3.37. The van der Waals surface area contributed by atoms with Crippen LogP contribution >= 0.6 is 0 Å². The fourth-order valence-electron chi connectivity index (χ4n) is 2.21. The first-order valence-electron chi connectivity index (χ1n) is 6.28. The molecule has 4 nitrogen and oxygen atoms in total. The lowest BCUT2D eigenvalue weighted by atomic mass is 9.84. The topological polar surface area (TPSA) is 63.4 Å². The fraction of sp³-hybridized carbons (Fsp3) is 0.200. The van der Waals surface area contributed by atoms with E-state index in [9.17, 15) is 28.4 Å². The number of nitro benzene ring substituents is 1. The van der Waals surface area contributed by atoms with E-state index in [1.165, 1.54) is 24.3 Å². The van der Waals surface area contributed by atoms with Crippen LogP contribution in [0.2, 0.25) is 0 Å². The number of aliphatic hydroxyl groups is 1. The Bertz CT molecular complexity index is 698. The standard InChI is InChI=1S/C15H12F3NO3/c1-10-6-8-11(9-7-10)14(20,15(16,17)18)12-4-2-3-5-13(12)19(21)22/h2-9,20H,1H3. The van der Waals surface area contributed by atoms with Crippen LogP contribution in [0.25, 0.3) is 0 Å². The van der Waals surface area contributed by atoms with E-state index in [4.69, 9.17) is 0 Å². The van der Waals surface area contributed by atoms with Crippen molar-refractivity contribution in [2.75, 3.05) is 0 Å². The molecule has 2 aromatic carbocycles. The van der Waals surface area contributed by atoms with Gasteiger partial charge in [0.2, 0.25) is 5.60 Å². The lowest BCUT2D eigenvalue weighted by Gasteiger charge is -2.31. The summed E-state index contributed by atoms with van der Waals surface area (Å²) in [6.45, 7) is 1.68. The van der Waals surface area contributed by atoms with Crippen molar-refractivity contribution in [3.8, 4) is 0 Å². The molecule has 0 aliphatic heterocycles. The smallest absolute Gasteiger partial charge is 0.372 e. The summed E-state index contributed by atoms with van der Waals surface area (Å²) < 4.78 is 40.6. The molecule has 0 heterocycles. The van der Waals surface area contributed by atoms with E-state index >= 15 is 0 Å². The van der Waals surface area contributed by atoms with Crippen molar-refractivity contribution in [1.29, 1.82) is 0 Å². The molecule has 0 aliphatic rings. The zero-order chi connectivity index (χ0) is 16.5. The molecule has 0 fully saturated rings. The van der Waals surface area contributed by atoms with E-state index in [-0.39, 0.29) is 0 Å². The van der Waals surface area contributed by atoms with Gasteiger partial charge < -0.3 is 5.11 Å². The summed E-state index contributed by atoms with van der Waals surface area (Å²) in [5.41, 5.74) is -4.82. The van der Waals surface area contributed by atoms with Gasteiger partial charge in [-0.05, 0) is 18.6 Å². The number of alkyl halides is 3. The van der Waals surface area contributed by atoms with Gasteiger partial charge in [0.1, 0.15) is 0 Å². The molecule has 0 saturated carbocycles. The number of nitro groups is 1. The molecule has 0 aliphatic carbocycles. The summed E-state index contributed by atoms with van der Waals surface area (Å²) >= 11 is 0. The highest BCUT2D eigenvalue weighted by atomic mass is 19.4. The Balaban J connectivity index is 2.77. The highest BCUT2D eigenvalue weighted by Gasteiger charge is 2.58. The summed E-state index contributed by atoms with van der Waals surface area (Å²) in [5, 5.41) is 21.4. The Morgan fingerprint density at radius 3 is 2.09 bits per heavy atom. The number of benzene rings is 2. The highest BCUT2D eigenvalue weighted by molar-refractivity contribution is 5.50. The molecule has 2 rings (SSSR count). The van der Waals surface area contributed by atoms with Gasteiger partial charge in [0.15, 0.2) is 0 Å². The molecule has 0 radical (unpaired) electrons. The summed E-state index contributed by atoms with van der Waals surface area (Å²) in [7, 11) is 0. The van der Waals surface area contributed by atoms with Crippen LogP contribution in [0.5, 0.6) is 0 Å². The van der Waals surface area contributed by atoms with Gasteiger partial charge in [0.05, 0.1) is 10.5 Å². The second kappa shape index (κ2) is 5.42. The molecule has 0 bridgehead atoms. The van der Waals surface area contributed by atoms with Crippen LogP contribution in [0, 0.1) is 17.0 Å². The predicted octanol–water partition coefficient (Wildman–Crippen LogP) is 3.70. The molecule has 7 heteroatoms. The number of halogens is 3. The lowest BCUT2D eigenvalue weighted by Crippen LogP contribution is -2.43. The van der Waals surface area contributed by atoms with Gasteiger partial charge in [-0.15, -0.1) is 0 Å². The Kier molecular flexibility index (Phi) is 3.93. The maximum Gasteiger partial charge on any atom is 0.426 e. The van der Waals surface area contributed by atoms with Crippen molar-refractivity contribution >= 4 is 5.69 Å². The zero-order valence-corrected chi connectivity index (χ0v) is 11.5. The van der Waals surface area contributed by atoms with Crippen molar-refractivity contribution in [2.24, 2.45) is 0 Å². The molecule has 0 saturated heterocycles. The first kappa shape index (κ1) is 16.0. The Hall–Kier alpha value is -2.41. The minimum absolute atomic E-state index is 0.472. The van der Waals surface area contributed by atoms with Crippen molar-refractivity contribution in [3.63, 3.8) is 0 Å². The summed E-state index contributed by atoms with van der Waals surface area (Å²) in [6, 6.07) is 9.33. The first-order chi connectivity index (χ1) is 10.2. The van der Waals surface area contributed by atoms with Crippen molar-refractivity contribution in [3.05, 3.63) is 75.3 Å². The van der Waals surface area contributed by atoms with E-state index in [0.29, 0.717) is 5.56 Å². The molecular formula is C15H12F3NO3. The fourth-order valence-corrected chi connectivity index (χ4v) is 2.21.